The van der Waals surface area contributed by atoms with Gasteiger partial charge in [-0.15, -0.1) is 0 Å². The summed E-state index contributed by atoms with van der Waals surface area (Å²) in [5.74, 6) is 1.27. The fourth-order valence-corrected chi connectivity index (χ4v) is 1.79. The fraction of sp³-hybridized carbons (Fsp3) is 0.143. The maximum absolute atomic E-state index is 10.6. The Bertz CT molecular complexity index is 593. The van der Waals surface area contributed by atoms with Crippen molar-refractivity contribution in [2.45, 2.75) is 0 Å². The van der Waals surface area contributed by atoms with Crippen LogP contribution in [0.3, 0.4) is 0 Å². The number of rotatable bonds is 4. The van der Waals surface area contributed by atoms with Crippen LogP contribution in [-0.4, -0.2) is 19.1 Å². The number of methoxy groups -OCH3 is 2. The number of hydrogen-bond donors (Lipinski definition) is 0. The number of ether oxygens (including phenoxy) is 2. The molecule has 0 heterocycles. The molecule has 2 rings (SSSR count). The second-order valence-corrected chi connectivity index (χ2v) is 3.87. The van der Waals surface area contributed by atoms with Gasteiger partial charge in [0.2, 0.25) is 0 Å². The van der Waals surface area contributed by atoms with Gasteiger partial charge in [-0.1, -0.05) is 6.07 Å². The molecule has 0 bridgehead atoms. The van der Waals surface area contributed by atoms with Crippen LogP contribution in [0.4, 0.5) is 5.69 Å². The van der Waals surface area contributed by atoms with Crippen LogP contribution in [0.15, 0.2) is 42.5 Å². The van der Waals surface area contributed by atoms with E-state index < -0.39 is 4.92 Å². The summed E-state index contributed by atoms with van der Waals surface area (Å²) in [4.78, 5) is 10.2. The van der Waals surface area contributed by atoms with Gasteiger partial charge in [0, 0.05) is 12.1 Å². The van der Waals surface area contributed by atoms with Crippen LogP contribution in [0.25, 0.3) is 11.1 Å². The summed E-state index contributed by atoms with van der Waals surface area (Å²) in [5.41, 5.74) is 1.86. The summed E-state index contributed by atoms with van der Waals surface area (Å²) < 4.78 is 10.4. The van der Waals surface area contributed by atoms with Crippen LogP contribution < -0.4 is 9.47 Å². The fourth-order valence-electron chi connectivity index (χ4n) is 1.79. The van der Waals surface area contributed by atoms with E-state index in [2.05, 4.69) is 0 Å². The molecule has 19 heavy (non-hydrogen) atoms. The Hall–Kier alpha value is -2.56. The number of nitro groups is 1. The zero-order chi connectivity index (χ0) is 13.8. The van der Waals surface area contributed by atoms with Crippen molar-refractivity contribution in [2.75, 3.05) is 14.2 Å². The molecule has 5 heteroatoms. The molecule has 0 amide bonds. The smallest absolute Gasteiger partial charge is 0.269 e. The molecule has 98 valence electrons. The minimum Gasteiger partial charge on any atom is -0.493 e. The summed E-state index contributed by atoms with van der Waals surface area (Å²) in [5, 5.41) is 10.6. The number of hydrogen-bond acceptors (Lipinski definition) is 4. The quantitative estimate of drug-likeness (QED) is 0.624. The normalized spacial score (nSPS) is 10.0. The molecule has 0 aliphatic rings. The molecule has 2 aromatic carbocycles. The zero-order valence-electron chi connectivity index (χ0n) is 10.6. The van der Waals surface area contributed by atoms with Crippen molar-refractivity contribution in [3.8, 4) is 22.6 Å². The van der Waals surface area contributed by atoms with Crippen LogP contribution in [0.5, 0.6) is 11.5 Å². The van der Waals surface area contributed by atoms with E-state index in [0.29, 0.717) is 11.5 Å². The Labute approximate surface area is 110 Å². The first-order valence-electron chi connectivity index (χ1n) is 5.62. The topological polar surface area (TPSA) is 61.6 Å². The van der Waals surface area contributed by atoms with Crippen molar-refractivity contribution in [3.63, 3.8) is 0 Å². The van der Waals surface area contributed by atoms with E-state index in [0.717, 1.165) is 11.1 Å². The highest BCUT2D eigenvalue weighted by Gasteiger charge is 2.08. The molecule has 0 fully saturated rings. The monoisotopic (exact) mass is 259 g/mol. The SMILES string of the molecule is COc1ccc(-c2ccc([N+](=O)[O-])cc2)cc1OC. The zero-order valence-corrected chi connectivity index (χ0v) is 10.6. The predicted molar refractivity (Wildman–Crippen MR) is 71.6 cm³/mol. The minimum absolute atomic E-state index is 0.0734. The van der Waals surface area contributed by atoms with E-state index in [1.807, 2.05) is 12.1 Å². The molecule has 0 saturated carbocycles. The van der Waals surface area contributed by atoms with Gasteiger partial charge in [-0.2, -0.15) is 0 Å². The van der Waals surface area contributed by atoms with E-state index in [1.165, 1.54) is 12.1 Å². The van der Waals surface area contributed by atoms with Crippen molar-refractivity contribution in [2.24, 2.45) is 0 Å². The maximum atomic E-state index is 10.6. The number of nitrogens with zero attached hydrogens (tertiary/aromatic N) is 1. The molecule has 0 unspecified atom stereocenters. The summed E-state index contributed by atoms with van der Waals surface area (Å²) in [6.45, 7) is 0. The molecule has 0 aliphatic heterocycles. The predicted octanol–water partition coefficient (Wildman–Crippen LogP) is 3.28. The summed E-state index contributed by atoms with van der Waals surface area (Å²) in [6, 6.07) is 11.9. The van der Waals surface area contributed by atoms with Crippen molar-refractivity contribution < 1.29 is 14.4 Å². The average Bonchev–Trinajstić information content (AvgIpc) is 2.46. The molecule has 0 atom stereocenters. The van der Waals surface area contributed by atoms with Crippen LogP contribution in [0.2, 0.25) is 0 Å². The van der Waals surface area contributed by atoms with Crippen molar-refractivity contribution in [3.05, 3.63) is 52.6 Å². The van der Waals surface area contributed by atoms with Gasteiger partial charge in [0.15, 0.2) is 11.5 Å². The first-order chi connectivity index (χ1) is 9.15. The molecule has 2 aromatic rings. The largest absolute Gasteiger partial charge is 0.493 e. The van der Waals surface area contributed by atoms with Gasteiger partial charge in [0.1, 0.15) is 0 Å². The summed E-state index contributed by atoms with van der Waals surface area (Å²) >= 11 is 0. The van der Waals surface area contributed by atoms with Gasteiger partial charge in [0.05, 0.1) is 19.1 Å². The molecule has 0 saturated heterocycles. The third-order valence-electron chi connectivity index (χ3n) is 2.79. The summed E-state index contributed by atoms with van der Waals surface area (Å²) in [6.07, 6.45) is 0. The van der Waals surface area contributed by atoms with Gasteiger partial charge < -0.3 is 9.47 Å². The van der Waals surface area contributed by atoms with Crippen LogP contribution in [0.1, 0.15) is 0 Å². The van der Waals surface area contributed by atoms with Crippen molar-refractivity contribution in [1.29, 1.82) is 0 Å². The molecule has 5 nitrogen and oxygen atoms in total. The number of benzene rings is 2. The molecular formula is C14H13NO4. The Balaban J connectivity index is 2.38. The molecule has 0 spiro atoms. The van der Waals surface area contributed by atoms with Crippen molar-refractivity contribution in [1.82, 2.24) is 0 Å². The Kier molecular flexibility index (Phi) is 3.66. The highest BCUT2D eigenvalue weighted by molar-refractivity contribution is 5.68. The molecule has 0 aromatic heterocycles. The third-order valence-corrected chi connectivity index (χ3v) is 2.79. The lowest BCUT2D eigenvalue weighted by Crippen LogP contribution is -1.91. The second-order valence-electron chi connectivity index (χ2n) is 3.87. The standard InChI is InChI=1S/C14H13NO4/c1-18-13-8-5-11(9-14(13)19-2)10-3-6-12(7-4-10)15(16)17/h3-9H,1-2H3. The van der Waals surface area contributed by atoms with Gasteiger partial charge >= 0.3 is 0 Å². The lowest BCUT2D eigenvalue weighted by atomic mass is 10.0. The van der Waals surface area contributed by atoms with E-state index in [1.54, 1.807) is 32.4 Å². The van der Waals surface area contributed by atoms with Crippen LogP contribution in [0, 0.1) is 10.1 Å². The van der Waals surface area contributed by atoms with E-state index >= 15 is 0 Å². The van der Waals surface area contributed by atoms with Crippen molar-refractivity contribution >= 4 is 5.69 Å². The summed E-state index contributed by atoms with van der Waals surface area (Å²) in [7, 11) is 3.14. The highest BCUT2D eigenvalue weighted by atomic mass is 16.6. The van der Waals surface area contributed by atoms with Gasteiger partial charge in [0.25, 0.3) is 5.69 Å². The molecule has 0 aliphatic carbocycles. The number of nitro benzene ring substituents is 1. The average molecular weight is 259 g/mol. The van der Waals surface area contributed by atoms with Gasteiger partial charge in [-0.25, -0.2) is 0 Å². The van der Waals surface area contributed by atoms with Crippen LogP contribution >= 0.6 is 0 Å². The van der Waals surface area contributed by atoms with E-state index in [4.69, 9.17) is 9.47 Å². The van der Waals surface area contributed by atoms with Crippen LogP contribution in [-0.2, 0) is 0 Å². The molecule has 0 N–H and O–H groups in total. The molecule has 0 radical (unpaired) electrons. The van der Waals surface area contributed by atoms with Gasteiger partial charge in [-0.05, 0) is 35.4 Å². The molecular weight excluding hydrogens is 246 g/mol. The number of non-ortho nitro benzene ring substituents is 1. The van der Waals surface area contributed by atoms with Gasteiger partial charge in [-0.3, -0.25) is 10.1 Å². The first-order valence-corrected chi connectivity index (χ1v) is 5.62. The first kappa shape index (κ1) is 12.9. The highest BCUT2D eigenvalue weighted by Crippen LogP contribution is 2.32. The maximum Gasteiger partial charge on any atom is 0.269 e. The van der Waals surface area contributed by atoms with E-state index in [-0.39, 0.29) is 5.69 Å². The Morgan fingerprint density at radius 1 is 0.895 bits per heavy atom. The minimum atomic E-state index is -0.418. The second kappa shape index (κ2) is 5.39. The third kappa shape index (κ3) is 2.65. The Morgan fingerprint density at radius 3 is 2.00 bits per heavy atom. The van der Waals surface area contributed by atoms with E-state index in [9.17, 15) is 10.1 Å². The lowest BCUT2D eigenvalue weighted by molar-refractivity contribution is -0.384. The Morgan fingerprint density at radius 2 is 1.47 bits per heavy atom. The lowest BCUT2D eigenvalue weighted by Gasteiger charge is -2.09.